The molecule has 0 aliphatic heterocycles. The molecule has 3 N–H and O–H groups in total. The number of carbonyl (C=O) groups excluding carboxylic acids is 1. The molecule has 29 heavy (non-hydrogen) atoms. The van der Waals surface area contributed by atoms with Crippen molar-refractivity contribution in [2.75, 3.05) is 6.54 Å². The number of carbonyl (C=O) groups is 1. The maximum atomic E-state index is 12.6. The fraction of sp³-hybridized carbons (Fsp3) is 0.160. The molecule has 0 spiro atoms. The Morgan fingerprint density at radius 1 is 0.897 bits per heavy atom. The highest BCUT2D eigenvalue weighted by molar-refractivity contribution is 5.83. The smallest absolute Gasteiger partial charge is 0.275 e. The summed E-state index contributed by atoms with van der Waals surface area (Å²) in [5.41, 5.74) is 2.21. The summed E-state index contributed by atoms with van der Waals surface area (Å²) >= 11 is 0. The van der Waals surface area contributed by atoms with E-state index in [9.17, 15) is 4.79 Å². The second-order valence-corrected chi connectivity index (χ2v) is 7.24. The van der Waals surface area contributed by atoms with Crippen LogP contribution in [0.25, 0.3) is 10.8 Å². The van der Waals surface area contributed by atoms with Gasteiger partial charge < -0.3 is 15.1 Å². The Labute approximate surface area is 170 Å². The zero-order valence-electron chi connectivity index (χ0n) is 16.4. The second-order valence-electron chi connectivity index (χ2n) is 7.24. The summed E-state index contributed by atoms with van der Waals surface area (Å²) in [6.07, 6.45) is 1.67. The van der Waals surface area contributed by atoms with Crippen LogP contribution in [0.4, 0.5) is 0 Å². The SMILES string of the molecule is C[C@@H](NC(=O)C[NH2+][C@@H](c1ccccc1)c1ccco1)c1ccc2ccccc2c1. The lowest BCUT2D eigenvalue weighted by atomic mass is 10.0. The van der Waals surface area contributed by atoms with Crippen LogP contribution in [0.2, 0.25) is 0 Å². The Kier molecular flexibility index (Phi) is 5.73. The summed E-state index contributed by atoms with van der Waals surface area (Å²) in [6, 6.07) is 28.4. The van der Waals surface area contributed by atoms with Gasteiger partial charge in [0.25, 0.3) is 5.91 Å². The van der Waals surface area contributed by atoms with Gasteiger partial charge in [-0.05, 0) is 41.5 Å². The fourth-order valence-electron chi connectivity index (χ4n) is 3.63. The van der Waals surface area contributed by atoms with Gasteiger partial charge in [-0.15, -0.1) is 0 Å². The number of hydrogen-bond acceptors (Lipinski definition) is 2. The largest absolute Gasteiger partial charge is 0.463 e. The molecule has 4 aromatic rings. The number of benzene rings is 3. The zero-order chi connectivity index (χ0) is 20.1. The topological polar surface area (TPSA) is 58.9 Å². The third kappa shape index (κ3) is 4.55. The minimum absolute atomic E-state index is 0.00172. The van der Waals surface area contributed by atoms with Gasteiger partial charge in [0, 0.05) is 5.56 Å². The second kappa shape index (κ2) is 8.76. The first-order chi connectivity index (χ1) is 14.2. The molecule has 1 aromatic heterocycles. The number of quaternary nitrogens is 1. The molecule has 1 amide bonds. The van der Waals surface area contributed by atoms with E-state index in [2.05, 4.69) is 47.8 Å². The molecule has 0 bridgehead atoms. The summed E-state index contributed by atoms with van der Waals surface area (Å²) in [5, 5.41) is 7.50. The van der Waals surface area contributed by atoms with Gasteiger partial charge in [-0.1, -0.05) is 66.7 Å². The molecule has 0 unspecified atom stereocenters. The lowest BCUT2D eigenvalue weighted by Crippen LogP contribution is -2.87. The predicted octanol–water partition coefficient (Wildman–Crippen LogP) is 3.96. The van der Waals surface area contributed by atoms with Gasteiger partial charge in [0.05, 0.1) is 12.3 Å². The highest BCUT2D eigenvalue weighted by Crippen LogP contribution is 2.20. The quantitative estimate of drug-likeness (QED) is 0.506. The van der Waals surface area contributed by atoms with Crippen LogP contribution in [0.15, 0.2) is 95.6 Å². The highest BCUT2D eigenvalue weighted by Gasteiger charge is 2.22. The molecule has 4 nitrogen and oxygen atoms in total. The number of furan rings is 1. The van der Waals surface area contributed by atoms with Gasteiger partial charge in [0.15, 0.2) is 18.3 Å². The van der Waals surface area contributed by atoms with Gasteiger partial charge in [-0.25, -0.2) is 0 Å². The third-order valence-electron chi connectivity index (χ3n) is 5.20. The summed E-state index contributed by atoms with van der Waals surface area (Å²) < 4.78 is 5.61. The van der Waals surface area contributed by atoms with Gasteiger partial charge in [-0.2, -0.15) is 0 Å². The fourth-order valence-corrected chi connectivity index (χ4v) is 3.63. The number of nitrogens with two attached hydrogens (primary N) is 1. The van der Waals surface area contributed by atoms with Crippen molar-refractivity contribution < 1.29 is 14.5 Å². The van der Waals surface area contributed by atoms with Crippen LogP contribution in [-0.2, 0) is 4.79 Å². The average molecular weight is 385 g/mol. The van der Waals surface area contributed by atoms with Crippen molar-refractivity contribution >= 4 is 16.7 Å². The molecule has 1 heterocycles. The Morgan fingerprint density at radius 2 is 1.66 bits per heavy atom. The Bertz CT molecular complexity index is 1070. The van der Waals surface area contributed by atoms with Crippen molar-refractivity contribution in [2.45, 2.75) is 19.0 Å². The van der Waals surface area contributed by atoms with Gasteiger partial charge >= 0.3 is 0 Å². The lowest BCUT2D eigenvalue weighted by Gasteiger charge is -2.17. The molecule has 3 aromatic carbocycles. The third-order valence-corrected chi connectivity index (χ3v) is 5.20. The number of rotatable bonds is 7. The first-order valence-corrected chi connectivity index (χ1v) is 9.90. The van der Waals surface area contributed by atoms with Crippen molar-refractivity contribution in [3.63, 3.8) is 0 Å². The summed E-state index contributed by atoms with van der Waals surface area (Å²) in [6.45, 7) is 2.33. The maximum absolute atomic E-state index is 12.6. The zero-order valence-corrected chi connectivity index (χ0v) is 16.4. The van der Waals surface area contributed by atoms with E-state index in [0.29, 0.717) is 6.54 Å². The molecule has 0 radical (unpaired) electrons. The van der Waals surface area contributed by atoms with E-state index in [-0.39, 0.29) is 18.0 Å². The molecule has 4 rings (SSSR count). The van der Waals surface area contributed by atoms with Crippen LogP contribution in [0.1, 0.15) is 35.9 Å². The van der Waals surface area contributed by atoms with E-state index in [1.54, 1.807) is 6.26 Å². The molecular formula is C25H25N2O2+. The van der Waals surface area contributed by atoms with E-state index in [1.807, 2.05) is 54.7 Å². The average Bonchev–Trinajstić information content (AvgIpc) is 3.29. The van der Waals surface area contributed by atoms with Crippen molar-refractivity contribution in [2.24, 2.45) is 0 Å². The molecule has 4 heteroatoms. The van der Waals surface area contributed by atoms with Crippen molar-refractivity contribution in [3.05, 3.63) is 108 Å². The maximum Gasteiger partial charge on any atom is 0.275 e. The van der Waals surface area contributed by atoms with E-state index < -0.39 is 0 Å². The van der Waals surface area contributed by atoms with Crippen molar-refractivity contribution in [3.8, 4) is 0 Å². The molecule has 146 valence electrons. The molecule has 0 fully saturated rings. The highest BCUT2D eigenvalue weighted by atomic mass is 16.3. The van der Waals surface area contributed by atoms with Crippen LogP contribution in [-0.4, -0.2) is 12.5 Å². The van der Waals surface area contributed by atoms with E-state index in [1.165, 1.54) is 10.8 Å². The van der Waals surface area contributed by atoms with Crippen LogP contribution >= 0.6 is 0 Å². The van der Waals surface area contributed by atoms with Crippen LogP contribution in [0, 0.1) is 0 Å². The normalized spacial score (nSPS) is 13.1. The molecule has 0 saturated carbocycles. The van der Waals surface area contributed by atoms with Gasteiger partial charge in [0.2, 0.25) is 0 Å². The number of nitrogens with one attached hydrogen (secondary N) is 1. The van der Waals surface area contributed by atoms with Crippen LogP contribution < -0.4 is 10.6 Å². The first-order valence-electron chi connectivity index (χ1n) is 9.90. The van der Waals surface area contributed by atoms with E-state index >= 15 is 0 Å². The molecule has 0 aliphatic carbocycles. The molecule has 0 saturated heterocycles. The summed E-state index contributed by atoms with van der Waals surface area (Å²) in [4.78, 5) is 12.6. The lowest BCUT2D eigenvalue weighted by molar-refractivity contribution is -0.678. The standard InChI is InChI=1S/C25H24N2O2/c1-18(21-14-13-19-8-5-6-11-22(19)16-21)27-24(28)17-26-25(23-12-7-15-29-23)20-9-3-2-4-10-20/h2-16,18,25-26H,17H2,1H3,(H,27,28)/p+1/t18-,25+/m1/s1. The predicted molar refractivity (Wildman–Crippen MR) is 114 cm³/mol. The number of hydrogen-bond donors (Lipinski definition) is 2. The number of amides is 1. The molecular weight excluding hydrogens is 360 g/mol. The minimum atomic E-state index is -0.0562. The summed E-state index contributed by atoms with van der Waals surface area (Å²) in [7, 11) is 0. The minimum Gasteiger partial charge on any atom is -0.463 e. The summed E-state index contributed by atoms with van der Waals surface area (Å²) in [5.74, 6) is 0.838. The molecule has 0 aliphatic rings. The number of fused-ring (bicyclic) bond motifs is 1. The van der Waals surface area contributed by atoms with Gasteiger partial charge in [0.1, 0.15) is 0 Å². The monoisotopic (exact) mass is 385 g/mol. The Morgan fingerprint density at radius 3 is 2.41 bits per heavy atom. The van der Waals surface area contributed by atoms with Crippen LogP contribution in [0.5, 0.6) is 0 Å². The first kappa shape index (κ1) is 19.0. The van der Waals surface area contributed by atoms with E-state index in [4.69, 9.17) is 4.42 Å². The van der Waals surface area contributed by atoms with E-state index in [0.717, 1.165) is 16.9 Å². The van der Waals surface area contributed by atoms with Crippen LogP contribution in [0.3, 0.4) is 0 Å². The van der Waals surface area contributed by atoms with Gasteiger partial charge in [-0.3, -0.25) is 4.79 Å². The Balaban J connectivity index is 1.41. The van der Waals surface area contributed by atoms with Crippen molar-refractivity contribution in [1.82, 2.24) is 5.32 Å². The molecule has 2 atom stereocenters. The Hall–Kier alpha value is -3.37. The van der Waals surface area contributed by atoms with Crippen molar-refractivity contribution in [1.29, 1.82) is 0 Å².